The van der Waals surface area contributed by atoms with E-state index in [9.17, 15) is 0 Å². The molecule has 0 atom stereocenters. The Morgan fingerprint density at radius 1 is 0.349 bits per heavy atom. The van der Waals surface area contributed by atoms with Crippen molar-refractivity contribution in [2.24, 2.45) is 7.05 Å². The molecule has 0 saturated heterocycles. The third kappa shape index (κ3) is 3.67. The fraction of sp³-hybridized carbons (Fsp3) is 0.0244. The van der Waals surface area contributed by atoms with Crippen LogP contribution in [0.25, 0.3) is 82.3 Å². The van der Waals surface area contributed by atoms with E-state index in [-0.39, 0.29) is 0 Å². The minimum absolute atomic E-state index is 1.17. The predicted molar refractivity (Wildman–Crippen MR) is 183 cm³/mol. The van der Waals surface area contributed by atoms with Crippen LogP contribution in [-0.2, 0) is 7.05 Å². The van der Waals surface area contributed by atoms with Gasteiger partial charge in [0.15, 0.2) is 0 Å². The molecule has 2 aromatic heterocycles. The highest BCUT2D eigenvalue weighted by atomic mass is 15.0. The van der Waals surface area contributed by atoms with Crippen molar-refractivity contribution in [3.05, 3.63) is 152 Å². The van der Waals surface area contributed by atoms with Gasteiger partial charge < -0.3 is 9.13 Å². The van der Waals surface area contributed by atoms with Crippen LogP contribution in [0.5, 0.6) is 0 Å². The van der Waals surface area contributed by atoms with Gasteiger partial charge in [-0.15, -0.1) is 0 Å². The molecule has 0 fully saturated rings. The largest absolute Gasteiger partial charge is 0.344 e. The second-order valence-corrected chi connectivity index (χ2v) is 11.5. The maximum absolute atomic E-state index is 2.39. The molecule has 2 heterocycles. The molecule has 0 aliphatic carbocycles. The van der Waals surface area contributed by atoms with Crippen molar-refractivity contribution in [3.63, 3.8) is 0 Å². The molecule has 0 saturated carbocycles. The summed E-state index contributed by atoms with van der Waals surface area (Å²) in [5.41, 5.74) is 11.1. The quantitative estimate of drug-likeness (QED) is 0.208. The number of hydrogen-bond donors (Lipinski definition) is 0. The van der Waals surface area contributed by atoms with Crippen molar-refractivity contribution in [2.75, 3.05) is 0 Å². The van der Waals surface area contributed by atoms with Crippen LogP contribution in [0.1, 0.15) is 0 Å². The van der Waals surface area contributed by atoms with Gasteiger partial charge in [0.05, 0.1) is 11.0 Å². The molecular formula is C41H28N2. The summed E-state index contributed by atoms with van der Waals surface area (Å²) in [6, 6.07) is 55.4. The fourth-order valence-corrected chi connectivity index (χ4v) is 6.94. The van der Waals surface area contributed by atoms with Gasteiger partial charge in [-0.3, -0.25) is 0 Å². The third-order valence-electron chi connectivity index (χ3n) is 9.11. The second-order valence-electron chi connectivity index (χ2n) is 11.5. The second kappa shape index (κ2) is 9.20. The smallest absolute Gasteiger partial charge is 0.0541 e. The normalized spacial score (nSPS) is 11.8. The minimum atomic E-state index is 1.17. The van der Waals surface area contributed by atoms with E-state index in [0.717, 1.165) is 0 Å². The molecular weight excluding hydrogens is 520 g/mol. The lowest BCUT2D eigenvalue weighted by Gasteiger charge is -2.10. The summed E-state index contributed by atoms with van der Waals surface area (Å²) in [7, 11) is 2.17. The summed E-state index contributed by atoms with van der Waals surface area (Å²) in [6.45, 7) is 0. The number of nitrogens with zero attached hydrogens (tertiary/aromatic N) is 2. The van der Waals surface area contributed by atoms with E-state index in [1.165, 1.54) is 82.3 Å². The van der Waals surface area contributed by atoms with Crippen LogP contribution in [0.3, 0.4) is 0 Å². The maximum Gasteiger partial charge on any atom is 0.0541 e. The molecule has 9 aromatic rings. The Morgan fingerprint density at radius 3 is 1.65 bits per heavy atom. The first-order valence-corrected chi connectivity index (χ1v) is 14.8. The van der Waals surface area contributed by atoms with E-state index < -0.39 is 0 Å². The molecule has 2 heteroatoms. The van der Waals surface area contributed by atoms with Gasteiger partial charge in [0, 0.05) is 45.3 Å². The van der Waals surface area contributed by atoms with Crippen molar-refractivity contribution in [1.82, 2.24) is 9.13 Å². The molecule has 0 radical (unpaired) electrons. The zero-order valence-electron chi connectivity index (χ0n) is 23.8. The molecule has 9 rings (SSSR count). The van der Waals surface area contributed by atoms with E-state index >= 15 is 0 Å². The standard InChI is InChI=1S/C41H28N2/c1-42-38-21-17-31(25-36(38)37-23-29-11-5-6-12-30(29)26-41(37)42)32-18-22-40-35(24-32)34-13-7-8-14-39(34)43(40)33-19-15-28(16-20-33)27-9-3-2-4-10-27/h2-26H,1H3. The SMILES string of the molecule is Cn1c2ccc(-c3ccc4c(c3)c3ccccc3n4-c3ccc(-c4ccccc4)cc3)cc2c2cc3ccccc3cc21. The molecule has 0 spiro atoms. The number of para-hydroxylation sites is 1. The summed E-state index contributed by atoms with van der Waals surface area (Å²) in [6.07, 6.45) is 0. The van der Waals surface area contributed by atoms with Crippen LogP contribution in [0, 0.1) is 0 Å². The van der Waals surface area contributed by atoms with E-state index in [1.807, 2.05) is 0 Å². The van der Waals surface area contributed by atoms with E-state index in [4.69, 9.17) is 0 Å². The first-order chi connectivity index (χ1) is 21.2. The van der Waals surface area contributed by atoms with Gasteiger partial charge in [-0.1, -0.05) is 97.1 Å². The van der Waals surface area contributed by atoms with Crippen molar-refractivity contribution in [2.45, 2.75) is 0 Å². The summed E-state index contributed by atoms with van der Waals surface area (Å²) in [5.74, 6) is 0. The number of aromatic nitrogens is 2. The van der Waals surface area contributed by atoms with Crippen molar-refractivity contribution in [3.8, 4) is 27.9 Å². The van der Waals surface area contributed by atoms with Crippen LogP contribution in [0.15, 0.2) is 152 Å². The number of benzene rings is 7. The van der Waals surface area contributed by atoms with Gasteiger partial charge in [-0.2, -0.15) is 0 Å². The van der Waals surface area contributed by atoms with E-state index in [2.05, 4.69) is 168 Å². The van der Waals surface area contributed by atoms with Crippen molar-refractivity contribution in [1.29, 1.82) is 0 Å². The molecule has 202 valence electrons. The molecule has 2 nitrogen and oxygen atoms in total. The fourth-order valence-electron chi connectivity index (χ4n) is 6.94. The average molecular weight is 549 g/mol. The van der Waals surface area contributed by atoms with Crippen LogP contribution >= 0.6 is 0 Å². The van der Waals surface area contributed by atoms with Gasteiger partial charge in [-0.25, -0.2) is 0 Å². The summed E-state index contributed by atoms with van der Waals surface area (Å²) in [4.78, 5) is 0. The van der Waals surface area contributed by atoms with Gasteiger partial charge in [-0.05, 0) is 87.6 Å². The molecule has 0 unspecified atom stereocenters. The number of hydrogen-bond acceptors (Lipinski definition) is 0. The first kappa shape index (κ1) is 24.0. The highest BCUT2D eigenvalue weighted by molar-refractivity contribution is 6.14. The van der Waals surface area contributed by atoms with Gasteiger partial charge >= 0.3 is 0 Å². The summed E-state index contributed by atoms with van der Waals surface area (Å²) < 4.78 is 4.71. The number of fused-ring (bicyclic) bond motifs is 7. The summed E-state index contributed by atoms with van der Waals surface area (Å²) >= 11 is 0. The topological polar surface area (TPSA) is 9.86 Å². The number of rotatable bonds is 3. The number of aryl methyl sites for hydroxylation is 1. The van der Waals surface area contributed by atoms with Crippen molar-refractivity contribution >= 4 is 54.4 Å². The Labute approximate surface area is 249 Å². The summed E-state index contributed by atoms with van der Waals surface area (Å²) in [5, 5.41) is 7.68. The zero-order chi connectivity index (χ0) is 28.5. The Kier molecular flexibility index (Phi) is 5.15. The van der Waals surface area contributed by atoms with Gasteiger partial charge in [0.1, 0.15) is 0 Å². The lowest BCUT2D eigenvalue weighted by atomic mass is 10.00. The van der Waals surface area contributed by atoms with Crippen molar-refractivity contribution < 1.29 is 0 Å². The molecule has 0 amide bonds. The lowest BCUT2D eigenvalue weighted by molar-refractivity contribution is 1.02. The van der Waals surface area contributed by atoms with E-state index in [0.29, 0.717) is 0 Å². The molecule has 0 N–H and O–H groups in total. The molecule has 43 heavy (non-hydrogen) atoms. The predicted octanol–water partition coefficient (Wildman–Crippen LogP) is 10.9. The Balaban J connectivity index is 1.21. The zero-order valence-corrected chi connectivity index (χ0v) is 23.8. The Bertz CT molecular complexity index is 2490. The Hall–Kier alpha value is -5.60. The maximum atomic E-state index is 2.39. The van der Waals surface area contributed by atoms with Crippen LogP contribution in [-0.4, -0.2) is 9.13 Å². The van der Waals surface area contributed by atoms with E-state index in [1.54, 1.807) is 0 Å². The third-order valence-corrected chi connectivity index (χ3v) is 9.11. The lowest BCUT2D eigenvalue weighted by Crippen LogP contribution is -1.93. The minimum Gasteiger partial charge on any atom is -0.344 e. The van der Waals surface area contributed by atoms with Crippen LogP contribution < -0.4 is 0 Å². The highest BCUT2D eigenvalue weighted by Gasteiger charge is 2.15. The van der Waals surface area contributed by atoms with Gasteiger partial charge in [0.25, 0.3) is 0 Å². The molecule has 0 bridgehead atoms. The van der Waals surface area contributed by atoms with Gasteiger partial charge in [0.2, 0.25) is 0 Å². The highest BCUT2D eigenvalue weighted by Crippen LogP contribution is 2.38. The molecule has 0 aliphatic rings. The molecule has 0 aliphatic heterocycles. The monoisotopic (exact) mass is 548 g/mol. The average Bonchev–Trinajstić information content (AvgIpc) is 3.55. The Morgan fingerprint density at radius 2 is 0.884 bits per heavy atom. The first-order valence-electron chi connectivity index (χ1n) is 14.8. The van der Waals surface area contributed by atoms with Crippen LogP contribution in [0.4, 0.5) is 0 Å². The van der Waals surface area contributed by atoms with Crippen LogP contribution in [0.2, 0.25) is 0 Å². The molecule has 7 aromatic carbocycles.